The quantitative estimate of drug-likeness (QED) is 0.833. The first-order valence-electron chi connectivity index (χ1n) is 8.92. The summed E-state index contributed by atoms with van der Waals surface area (Å²) in [6, 6.07) is 0. The molecule has 136 valence electrons. The third-order valence-electron chi connectivity index (χ3n) is 4.85. The number of furan rings is 1. The Balaban J connectivity index is 1.62. The molecule has 0 bridgehead atoms. The average Bonchev–Trinajstić information content (AvgIpc) is 2.92. The minimum Gasteiger partial charge on any atom is -0.442 e. The van der Waals surface area contributed by atoms with Crippen LogP contribution in [-0.2, 0) is 7.05 Å². The van der Waals surface area contributed by atoms with Crippen LogP contribution in [0.3, 0.4) is 0 Å². The first-order valence-corrected chi connectivity index (χ1v) is 8.92. The Morgan fingerprint density at radius 3 is 3.04 bits per heavy atom. The van der Waals surface area contributed by atoms with Gasteiger partial charge in [0, 0.05) is 20.1 Å². The largest absolute Gasteiger partial charge is 0.442 e. The molecular weight excluding hydrogens is 320 g/mol. The van der Waals surface area contributed by atoms with E-state index in [1.165, 1.54) is 23.7 Å². The zero-order valence-electron chi connectivity index (χ0n) is 15.2. The van der Waals surface area contributed by atoms with Gasteiger partial charge in [0.25, 0.3) is 11.5 Å². The van der Waals surface area contributed by atoms with Gasteiger partial charge in [-0.15, -0.1) is 0 Å². The molecule has 0 radical (unpaired) electrons. The van der Waals surface area contributed by atoms with Crippen molar-refractivity contribution >= 4 is 17.0 Å². The van der Waals surface area contributed by atoms with Gasteiger partial charge in [0.2, 0.25) is 5.71 Å². The number of aryl methyl sites for hydroxylation is 2. The van der Waals surface area contributed by atoms with Gasteiger partial charge in [0.1, 0.15) is 17.5 Å². The van der Waals surface area contributed by atoms with Crippen LogP contribution in [0.2, 0.25) is 0 Å². The van der Waals surface area contributed by atoms with E-state index < -0.39 is 0 Å². The van der Waals surface area contributed by atoms with E-state index in [1.54, 1.807) is 14.0 Å². The summed E-state index contributed by atoms with van der Waals surface area (Å²) in [5.41, 5.74) is 0.248. The standard InChI is InChI=1S/C18H26N4O3/c1-12-6-4-8-22(10-12)9-5-7-19-16(23)14-13(2)25-17-15(14)18(24)21(3)11-20-17/h11-12H,4-10H2,1-3H3,(H,19,23)/t12-/m0/s1. The number of aromatic nitrogens is 2. The van der Waals surface area contributed by atoms with E-state index in [4.69, 9.17) is 4.42 Å². The fourth-order valence-corrected chi connectivity index (χ4v) is 3.54. The van der Waals surface area contributed by atoms with Gasteiger partial charge in [-0.25, -0.2) is 4.98 Å². The van der Waals surface area contributed by atoms with E-state index in [1.807, 2.05) is 0 Å². The molecular formula is C18H26N4O3. The Hall–Kier alpha value is -2.15. The third-order valence-corrected chi connectivity index (χ3v) is 4.85. The number of nitrogens with one attached hydrogen (secondary N) is 1. The van der Waals surface area contributed by atoms with Crippen LogP contribution in [0.25, 0.3) is 11.1 Å². The molecule has 25 heavy (non-hydrogen) atoms. The molecule has 3 rings (SSSR count). The summed E-state index contributed by atoms with van der Waals surface area (Å²) in [7, 11) is 1.61. The second kappa shape index (κ2) is 7.39. The van der Waals surface area contributed by atoms with Crippen LogP contribution < -0.4 is 10.9 Å². The van der Waals surface area contributed by atoms with Crippen molar-refractivity contribution in [2.45, 2.75) is 33.1 Å². The predicted molar refractivity (Wildman–Crippen MR) is 95.8 cm³/mol. The molecule has 1 amide bonds. The highest BCUT2D eigenvalue weighted by molar-refractivity contribution is 6.06. The molecule has 1 atom stereocenters. The summed E-state index contributed by atoms with van der Waals surface area (Å²) >= 11 is 0. The lowest BCUT2D eigenvalue weighted by Gasteiger charge is -2.30. The first kappa shape index (κ1) is 17.7. The van der Waals surface area contributed by atoms with Crippen LogP contribution in [-0.4, -0.2) is 46.5 Å². The van der Waals surface area contributed by atoms with Crippen LogP contribution in [0.5, 0.6) is 0 Å². The molecule has 7 nitrogen and oxygen atoms in total. The summed E-state index contributed by atoms with van der Waals surface area (Å²) in [4.78, 5) is 31.4. The van der Waals surface area contributed by atoms with E-state index in [2.05, 4.69) is 22.1 Å². The fourth-order valence-electron chi connectivity index (χ4n) is 3.54. The lowest BCUT2D eigenvalue weighted by molar-refractivity contribution is 0.0950. The maximum atomic E-state index is 12.5. The molecule has 3 heterocycles. The van der Waals surface area contributed by atoms with E-state index in [9.17, 15) is 9.59 Å². The molecule has 1 fully saturated rings. The second-order valence-electron chi connectivity index (χ2n) is 7.03. The summed E-state index contributed by atoms with van der Waals surface area (Å²) in [6.07, 6.45) is 4.85. The van der Waals surface area contributed by atoms with Crippen molar-refractivity contribution in [3.05, 3.63) is 28.0 Å². The van der Waals surface area contributed by atoms with Crippen molar-refractivity contribution in [3.63, 3.8) is 0 Å². The zero-order chi connectivity index (χ0) is 18.0. The smallest absolute Gasteiger partial charge is 0.265 e. The maximum Gasteiger partial charge on any atom is 0.265 e. The van der Waals surface area contributed by atoms with E-state index in [-0.39, 0.29) is 22.6 Å². The number of likely N-dealkylation sites (tertiary alicyclic amines) is 1. The number of nitrogens with zero attached hydrogens (tertiary/aromatic N) is 3. The molecule has 0 spiro atoms. The molecule has 0 saturated carbocycles. The summed E-state index contributed by atoms with van der Waals surface area (Å²) in [5.74, 6) is 0.911. The van der Waals surface area contributed by atoms with Gasteiger partial charge in [-0.1, -0.05) is 6.92 Å². The number of hydrogen-bond acceptors (Lipinski definition) is 5. The molecule has 0 unspecified atom stereocenters. The molecule has 1 N–H and O–H groups in total. The highest BCUT2D eigenvalue weighted by atomic mass is 16.3. The Labute approximate surface area is 147 Å². The van der Waals surface area contributed by atoms with Gasteiger partial charge < -0.3 is 19.2 Å². The number of rotatable bonds is 5. The van der Waals surface area contributed by atoms with Crippen LogP contribution >= 0.6 is 0 Å². The number of carbonyl (C=O) groups excluding carboxylic acids is 1. The predicted octanol–water partition coefficient (Wildman–Crippen LogP) is 1.69. The lowest BCUT2D eigenvalue weighted by Crippen LogP contribution is -2.36. The number of amides is 1. The van der Waals surface area contributed by atoms with Gasteiger partial charge in [-0.05, 0) is 45.2 Å². The molecule has 0 aliphatic carbocycles. The van der Waals surface area contributed by atoms with Crippen molar-refractivity contribution in [1.82, 2.24) is 19.8 Å². The van der Waals surface area contributed by atoms with E-state index in [0.29, 0.717) is 17.9 Å². The zero-order valence-corrected chi connectivity index (χ0v) is 15.2. The fraction of sp³-hybridized carbons (Fsp3) is 0.611. The van der Waals surface area contributed by atoms with Gasteiger partial charge in [0.15, 0.2) is 0 Å². The topological polar surface area (TPSA) is 80.4 Å². The highest BCUT2D eigenvalue weighted by Gasteiger charge is 2.22. The first-order chi connectivity index (χ1) is 12.0. The van der Waals surface area contributed by atoms with Gasteiger partial charge in [0.05, 0.1) is 5.56 Å². The second-order valence-corrected chi connectivity index (χ2v) is 7.03. The monoisotopic (exact) mass is 346 g/mol. The van der Waals surface area contributed by atoms with Crippen molar-refractivity contribution < 1.29 is 9.21 Å². The van der Waals surface area contributed by atoms with Gasteiger partial charge >= 0.3 is 0 Å². The summed E-state index contributed by atoms with van der Waals surface area (Å²) in [6.45, 7) is 7.82. The highest BCUT2D eigenvalue weighted by Crippen LogP contribution is 2.20. The SMILES string of the molecule is Cc1oc2ncn(C)c(=O)c2c1C(=O)NCCCN1CCC[C@H](C)C1. The van der Waals surface area contributed by atoms with Crippen LogP contribution in [0.15, 0.2) is 15.5 Å². The molecule has 1 aliphatic heterocycles. The molecule has 2 aromatic heterocycles. The summed E-state index contributed by atoms with van der Waals surface area (Å²) < 4.78 is 6.83. The van der Waals surface area contributed by atoms with Crippen molar-refractivity contribution in [2.75, 3.05) is 26.2 Å². The number of carbonyl (C=O) groups is 1. The average molecular weight is 346 g/mol. The van der Waals surface area contributed by atoms with E-state index >= 15 is 0 Å². The van der Waals surface area contributed by atoms with Crippen LogP contribution in [0.1, 0.15) is 42.3 Å². The van der Waals surface area contributed by atoms with Gasteiger partial charge in [-0.3, -0.25) is 9.59 Å². The lowest BCUT2D eigenvalue weighted by atomic mass is 10.0. The normalized spacial score (nSPS) is 18.6. The van der Waals surface area contributed by atoms with Gasteiger partial charge in [-0.2, -0.15) is 0 Å². The molecule has 2 aromatic rings. The van der Waals surface area contributed by atoms with E-state index in [0.717, 1.165) is 32.0 Å². The molecule has 1 aliphatic rings. The Bertz CT molecular complexity index is 824. The summed E-state index contributed by atoms with van der Waals surface area (Å²) in [5, 5.41) is 3.17. The van der Waals surface area contributed by atoms with Crippen LogP contribution in [0, 0.1) is 12.8 Å². The number of hydrogen-bond donors (Lipinski definition) is 1. The maximum absolute atomic E-state index is 12.5. The number of piperidine rings is 1. The Morgan fingerprint density at radius 1 is 1.48 bits per heavy atom. The van der Waals surface area contributed by atoms with Crippen molar-refractivity contribution in [3.8, 4) is 0 Å². The molecule has 1 saturated heterocycles. The third kappa shape index (κ3) is 3.76. The van der Waals surface area contributed by atoms with Crippen molar-refractivity contribution in [2.24, 2.45) is 13.0 Å². The molecule has 0 aromatic carbocycles. The minimum absolute atomic E-state index is 0.216. The van der Waals surface area contributed by atoms with Crippen LogP contribution in [0.4, 0.5) is 0 Å². The number of fused-ring (bicyclic) bond motifs is 1. The minimum atomic E-state index is -0.270. The molecule has 7 heteroatoms. The Morgan fingerprint density at radius 2 is 2.28 bits per heavy atom. The Kier molecular flexibility index (Phi) is 5.22. The van der Waals surface area contributed by atoms with Crippen molar-refractivity contribution in [1.29, 1.82) is 0 Å².